The highest BCUT2D eigenvalue weighted by Crippen LogP contribution is 2.43. The first-order valence-electron chi connectivity index (χ1n) is 16.4. The van der Waals surface area contributed by atoms with Crippen molar-refractivity contribution < 1.29 is 4.42 Å². The van der Waals surface area contributed by atoms with Gasteiger partial charge in [-0.15, -0.1) is 0 Å². The Hall–Kier alpha value is -6.38. The van der Waals surface area contributed by atoms with Crippen LogP contribution in [0.25, 0.3) is 93.6 Å². The fraction of sp³-hybridized carbons (Fsp3) is 0. The van der Waals surface area contributed by atoms with Crippen molar-refractivity contribution in [3.8, 4) is 39.1 Å². The van der Waals surface area contributed by atoms with Crippen LogP contribution in [0.3, 0.4) is 0 Å². The van der Waals surface area contributed by atoms with E-state index in [0.29, 0.717) is 0 Å². The van der Waals surface area contributed by atoms with Crippen LogP contribution in [0.15, 0.2) is 180 Å². The third kappa shape index (κ3) is 4.13. The Bertz CT molecular complexity index is 2750. The Morgan fingerprint density at radius 1 is 0.375 bits per heavy atom. The third-order valence-corrected chi connectivity index (χ3v) is 9.77. The Kier molecular flexibility index (Phi) is 5.91. The Morgan fingerprint density at radius 2 is 0.938 bits per heavy atom. The molecule has 0 amide bonds. The lowest BCUT2D eigenvalue weighted by Crippen LogP contribution is -1.94. The average molecular weight is 612 g/mol. The van der Waals surface area contributed by atoms with Gasteiger partial charge in [0.05, 0.1) is 16.4 Å². The molecule has 0 saturated heterocycles. The maximum absolute atomic E-state index is 6.62. The monoisotopic (exact) mass is 611 g/mol. The van der Waals surface area contributed by atoms with Crippen molar-refractivity contribution in [3.05, 3.63) is 176 Å². The fourth-order valence-corrected chi connectivity index (χ4v) is 7.50. The van der Waals surface area contributed by atoms with Gasteiger partial charge in [-0.25, -0.2) is 0 Å². The van der Waals surface area contributed by atoms with Gasteiger partial charge in [-0.05, 0) is 93.4 Å². The lowest BCUT2D eigenvalue weighted by molar-refractivity contribution is 0.673. The van der Waals surface area contributed by atoms with Gasteiger partial charge >= 0.3 is 0 Å². The van der Waals surface area contributed by atoms with Gasteiger partial charge in [-0.3, -0.25) is 0 Å². The number of aromatic nitrogens is 1. The molecule has 8 aromatic carbocycles. The summed E-state index contributed by atoms with van der Waals surface area (Å²) in [6, 6.07) is 63.2. The first-order valence-corrected chi connectivity index (χ1v) is 16.4. The van der Waals surface area contributed by atoms with Crippen LogP contribution in [0.1, 0.15) is 0 Å². The second-order valence-electron chi connectivity index (χ2n) is 12.5. The van der Waals surface area contributed by atoms with Gasteiger partial charge in [0.1, 0.15) is 11.2 Å². The van der Waals surface area contributed by atoms with Gasteiger partial charge in [0.2, 0.25) is 0 Å². The maximum Gasteiger partial charge on any atom is 0.143 e. The lowest BCUT2D eigenvalue weighted by atomic mass is 9.93. The van der Waals surface area contributed by atoms with Gasteiger partial charge < -0.3 is 8.98 Å². The lowest BCUT2D eigenvalue weighted by Gasteiger charge is -2.13. The summed E-state index contributed by atoms with van der Waals surface area (Å²) in [5.41, 5.74) is 12.5. The molecule has 48 heavy (non-hydrogen) atoms. The fourth-order valence-electron chi connectivity index (χ4n) is 7.50. The van der Waals surface area contributed by atoms with E-state index in [0.717, 1.165) is 33.0 Å². The zero-order valence-electron chi connectivity index (χ0n) is 26.1. The van der Waals surface area contributed by atoms with Crippen molar-refractivity contribution in [2.45, 2.75) is 0 Å². The molecule has 0 N–H and O–H groups in total. The summed E-state index contributed by atoms with van der Waals surface area (Å²) in [7, 11) is 0. The minimum absolute atomic E-state index is 0.903. The summed E-state index contributed by atoms with van der Waals surface area (Å²) in [6.07, 6.45) is 0. The number of para-hydroxylation sites is 1. The van der Waals surface area contributed by atoms with Gasteiger partial charge in [-0.2, -0.15) is 0 Å². The van der Waals surface area contributed by atoms with Gasteiger partial charge in [0.25, 0.3) is 0 Å². The van der Waals surface area contributed by atoms with Crippen LogP contribution in [-0.4, -0.2) is 4.57 Å². The molecule has 0 fully saturated rings. The molecule has 0 aliphatic heterocycles. The Balaban J connectivity index is 1.18. The number of rotatable bonds is 4. The van der Waals surface area contributed by atoms with E-state index in [-0.39, 0.29) is 0 Å². The second kappa shape index (κ2) is 10.6. The van der Waals surface area contributed by atoms with Gasteiger partial charge in [-0.1, -0.05) is 121 Å². The summed E-state index contributed by atoms with van der Waals surface area (Å²) >= 11 is 0. The summed E-state index contributed by atoms with van der Waals surface area (Å²) in [5.74, 6) is 0. The Morgan fingerprint density at radius 3 is 1.62 bits per heavy atom. The van der Waals surface area contributed by atoms with Crippen molar-refractivity contribution in [1.29, 1.82) is 0 Å². The van der Waals surface area contributed by atoms with E-state index in [1.807, 2.05) is 0 Å². The largest absolute Gasteiger partial charge is 0.455 e. The molecule has 0 atom stereocenters. The van der Waals surface area contributed by atoms with E-state index in [4.69, 9.17) is 4.42 Å². The van der Waals surface area contributed by atoms with Crippen LogP contribution in [0.5, 0.6) is 0 Å². The van der Waals surface area contributed by atoms with Crippen LogP contribution >= 0.6 is 0 Å². The molecular formula is C46H29NO. The summed E-state index contributed by atoms with van der Waals surface area (Å²) < 4.78 is 9.03. The van der Waals surface area contributed by atoms with Crippen molar-refractivity contribution in [2.24, 2.45) is 0 Å². The normalized spacial score (nSPS) is 11.8. The average Bonchev–Trinajstić information content (AvgIpc) is 3.72. The number of nitrogens with zero attached hydrogens (tertiary/aromatic N) is 1. The number of fused-ring (bicyclic) bond motifs is 9. The van der Waals surface area contributed by atoms with Crippen LogP contribution in [0.2, 0.25) is 0 Å². The summed E-state index contributed by atoms with van der Waals surface area (Å²) in [6.45, 7) is 0. The number of hydrogen-bond donors (Lipinski definition) is 0. The number of benzene rings is 8. The SMILES string of the molecule is c1ccc(-c2cc(-c3ccccc3)cc(-c3ccc(-n4c5ccccc5c5ccc6oc7c8ccccc8ccc7c6c54)cc3)c2)cc1. The zero-order valence-corrected chi connectivity index (χ0v) is 26.1. The van der Waals surface area contributed by atoms with Gasteiger partial charge in [0.15, 0.2) is 0 Å². The second-order valence-corrected chi connectivity index (χ2v) is 12.5. The van der Waals surface area contributed by atoms with E-state index in [1.54, 1.807) is 0 Å². The molecule has 2 nitrogen and oxygen atoms in total. The molecule has 0 bridgehead atoms. The van der Waals surface area contributed by atoms with Gasteiger partial charge in [0, 0.05) is 27.2 Å². The third-order valence-electron chi connectivity index (χ3n) is 9.77. The van der Waals surface area contributed by atoms with E-state index >= 15 is 0 Å². The van der Waals surface area contributed by atoms with E-state index in [1.165, 1.54) is 60.6 Å². The van der Waals surface area contributed by atoms with Crippen LogP contribution < -0.4 is 0 Å². The molecule has 0 spiro atoms. The van der Waals surface area contributed by atoms with Crippen LogP contribution in [-0.2, 0) is 0 Å². The minimum Gasteiger partial charge on any atom is -0.455 e. The van der Waals surface area contributed by atoms with Crippen molar-refractivity contribution in [2.75, 3.05) is 0 Å². The molecule has 2 heteroatoms. The molecule has 10 rings (SSSR count). The Labute approximate surface area is 277 Å². The van der Waals surface area contributed by atoms with E-state index in [9.17, 15) is 0 Å². The quantitative estimate of drug-likeness (QED) is 0.194. The van der Waals surface area contributed by atoms with E-state index in [2.05, 4.69) is 180 Å². The molecule has 2 heterocycles. The maximum atomic E-state index is 6.62. The number of furan rings is 1. The van der Waals surface area contributed by atoms with Crippen LogP contribution in [0.4, 0.5) is 0 Å². The standard InChI is InChI=1S/C46H29NO/c1-3-11-30(12-4-1)34-27-35(31-13-5-2-6-14-31)29-36(28-34)32-19-22-37(23-20-32)47-42-18-10-9-17-39(42)40-25-26-43-44(45(40)47)41-24-21-33-15-7-8-16-38(33)46(41)48-43/h1-29H. The number of hydrogen-bond acceptors (Lipinski definition) is 1. The molecule has 0 aliphatic rings. The summed E-state index contributed by atoms with van der Waals surface area (Å²) in [5, 5.41) is 7.07. The molecule has 0 saturated carbocycles. The molecule has 0 radical (unpaired) electrons. The van der Waals surface area contributed by atoms with Crippen molar-refractivity contribution in [1.82, 2.24) is 4.57 Å². The highest BCUT2D eigenvalue weighted by molar-refractivity contribution is 6.27. The topological polar surface area (TPSA) is 18.1 Å². The minimum atomic E-state index is 0.903. The molecule has 0 unspecified atom stereocenters. The van der Waals surface area contributed by atoms with Crippen LogP contribution in [0, 0.1) is 0 Å². The highest BCUT2D eigenvalue weighted by Gasteiger charge is 2.20. The molecule has 10 aromatic rings. The molecule has 224 valence electrons. The predicted octanol–water partition coefficient (Wildman–Crippen LogP) is 12.8. The first-order chi connectivity index (χ1) is 23.8. The van der Waals surface area contributed by atoms with Crippen molar-refractivity contribution in [3.63, 3.8) is 0 Å². The zero-order chi connectivity index (χ0) is 31.6. The molecular weight excluding hydrogens is 583 g/mol. The molecule has 0 aliphatic carbocycles. The first kappa shape index (κ1) is 26.8. The summed E-state index contributed by atoms with van der Waals surface area (Å²) in [4.78, 5) is 0. The predicted molar refractivity (Wildman–Crippen MR) is 202 cm³/mol. The van der Waals surface area contributed by atoms with E-state index < -0.39 is 0 Å². The smallest absolute Gasteiger partial charge is 0.143 e. The highest BCUT2D eigenvalue weighted by atomic mass is 16.3. The molecule has 2 aromatic heterocycles. The van der Waals surface area contributed by atoms with Crippen molar-refractivity contribution >= 4 is 54.5 Å².